The number of aliphatic carboxylic acids is 1. The van der Waals surface area contributed by atoms with Crippen LogP contribution in [0.4, 0.5) is 8.78 Å². The van der Waals surface area contributed by atoms with Gasteiger partial charge in [0, 0.05) is 17.0 Å². The molecule has 0 aliphatic heterocycles. The van der Waals surface area contributed by atoms with Crippen LogP contribution in [0.2, 0.25) is 0 Å². The van der Waals surface area contributed by atoms with Gasteiger partial charge in [-0.25, -0.2) is 0 Å². The van der Waals surface area contributed by atoms with E-state index < -0.39 is 17.6 Å². The number of halogens is 2. The number of carboxylic acids is 1. The number of carboxylic acid groups (broad SMARTS) is 1. The number of amides is 1. The molecule has 0 heterocycles. The van der Waals surface area contributed by atoms with Gasteiger partial charge in [-0.2, -0.15) is 8.78 Å². The molecular weight excluding hydrogens is 288 g/mol. The molecule has 0 saturated heterocycles. The molecule has 0 bridgehead atoms. The number of rotatable bonds is 7. The Morgan fingerprint density at radius 2 is 1.90 bits per heavy atom. The van der Waals surface area contributed by atoms with E-state index >= 15 is 0 Å². The Labute approximate surface area is 119 Å². The molecule has 110 valence electrons. The zero-order valence-corrected chi connectivity index (χ0v) is 11.7. The van der Waals surface area contributed by atoms with Crippen molar-refractivity contribution in [1.82, 2.24) is 4.90 Å². The summed E-state index contributed by atoms with van der Waals surface area (Å²) in [6, 6.07) is 5.71. The fraction of sp³-hybridized carbons (Fsp3) is 0.385. The third-order valence-electron chi connectivity index (χ3n) is 2.43. The molecule has 0 spiro atoms. The number of benzene rings is 1. The third kappa shape index (κ3) is 5.16. The average molecular weight is 303 g/mol. The summed E-state index contributed by atoms with van der Waals surface area (Å²) in [6.07, 6.45) is 0.637. The number of carbonyl (C=O) groups excluding carboxylic acids is 1. The monoisotopic (exact) mass is 303 g/mol. The molecule has 1 aromatic rings. The number of hydrogen-bond donors (Lipinski definition) is 1. The molecule has 0 aliphatic rings. The van der Waals surface area contributed by atoms with Crippen LogP contribution < -0.4 is 0 Å². The number of thioether (sulfide) groups is 1. The summed E-state index contributed by atoms with van der Waals surface area (Å²) in [5.41, 5.74) is 0.290. The Bertz CT molecular complexity index is 465. The zero-order chi connectivity index (χ0) is 15.1. The lowest BCUT2D eigenvalue weighted by atomic mass is 10.2. The van der Waals surface area contributed by atoms with Crippen LogP contribution in [-0.2, 0) is 4.79 Å². The summed E-state index contributed by atoms with van der Waals surface area (Å²) in [5.74, 6) is -4.01. The van der Waals surface area contributed by atoms with Gasteiger partial charge in [0.2, 0.25) is 0 Å². The van der Waals surface area contributed by atoms with Gasteiger partial charge in [-0.05, 0) is 30.7 Å². The minimum atomic E-state index is -2.51. The van der Waals surface area contributed by atoms with E-state index in [1.54, 1.807) is 0 Å². The van der Waals surface area contributed by atoms with Crippen LogP contribution in [0.25, 0.3) is 0 Å². The van der Waals surface area contributed by atoms with Gasteiger partial charge >= 0.3 is 5.97 Å². The molecule has 0 radical (unpaired) electrons. The van der Waals surface area contributed by atoms with Gasteiger partial charge in [0.15, 0.2) is 0 Å². The van der Waals surface area contributed by atoms with E-state index in [0.29, 0.717) is 35.2 Å². The van der Waals surface area contributed by atoms with Gasteiger partial charge in [-0.3, -0.25) is 9.59 Å². The summed E-state index contributed by atoms with van der Waals surface area (Å²) in [5, 5.41) is 8.77. The topological polar surface area (TPSA) is 57.6 Å². The normalized spacial score (nSPS) is 10.6. The summed E-state index contributed by atoms with van der Waals surface area (Å²) < 4.78 is 24.3. The van der Waals surface area contributed by atoms with Crippen LogP contribution >= 0.6 is 11.8 Å². The van der Waals surface area contributed by atoms with Crippen molar-refractivity contribution in [2.45, 2.75) is 24.0 Å². The first-order chi connectivity index (χ1) is 9.43. The lowest BCUT2D eigenvalue weighted by Crippen LogP contribution is -2.36. The van der Waals surface area contributed by atoms with E-state index in [0.717, 1.165) is 0 Å². The van der Waals surface area contributed by atoms with Crippen LogP contribution in [0, 0.1) is 0 Å². The fourth-order valence-electron chi connectivity index (χ4n) is 1.65. The summed E-state index contributed by atoms with van der Waals surface area (Å²) >= 11 is 0.396. The maximum Gasteiger partial charge on any atom is 0.323 e. The minimum Gasteiger partial charge on any atom is -0.480 e. The van der Waals surface area contributed by atoms with Gasteiger partial charge in [-0.1, -0.05) is 18.7 Å². The second-order valence-electron chi connectivity index (χ2n) is 4.02. The van der Waals surface area contributed by atoms with Crippen LogP contribution in [0.15, 0.2) is 29.2 Å². The number of carbonyl (C=O) groups is 2. The fourth-order valence-corrected chi connectivity index (χ4v) is 2.15. The van der Waals surface area contributed by atoms with Gasteiger partial charge in [-0.15, -0.1) is 0 Å². The van der Waals surface area contributed by atoms with Crippen LogP contribution in [0.5, 0.6) is 0 Å². The van der Waals surface area contributed by atoms with Gasteiger partial charge in [0.05, 0.1) is 0 Å². The summed E-state index contributed by atoms with van der Waals surface area (Å²) in [6.45, 7) is 1.80. The van der Waals surface area contributed by atoms with Crippen molar-refractivity contribution in [2.75, 3.05) is 13.1 Å². The lowest BCUT2D eigenvalue weighted by molar-refractivity contribution is -0.137. The van der Waals surface area contributed by atoms with Crippen molar-refractivity contribution >= 4 is 23.6 Å². The van der Waals surface area contributed by atoms with Gasteiger partial charge < -0.3 is 10.0 Å². The third-order valence-corrected chi connectivity index (χ3v) is 3.16. The molecule has 20 heavy (non-hydrogen) atoms. The minimum absolute atomic E-state index is 0.290. The predicted octanol–water partition coefficient (Wildman–Crippen LogP) is 2.94. The van der Waals surface area contributed by atoms with Crippen LogP contribution in [-0.4, -0.2) is 40.7 Å². The van der Waals surface area contributed by atoms with E-state index in [1.165, 1.54) is 29.2 Å². The molecule has 7 heteroatoms. The molecule has 0 aliphatic carbocycles. The van der Waals surface area contributed by atoms with Crippen molar-refractivity contribution < 1.29 is 23.5 Å². The highest BCUT2D eigenvalue weighted by atomic mass is 32.2. The molecule has 0 unspecified atom stereocenters. The smallest absolute Gasteiger partial charge is 0.323 e. The highest BCUT2D eigenvalue weighted by Crippen LogP contribution is 2.25. The SMILES string of the molecule is CCCN(CC(=O)O)C(=O)c1ccc(SC(F)F)cc1. The molecule has 0 fully saturated rings. The molecule has 0 atom stereocenters. The molecule has 1 rings (SSSR count). The van der Waals surface area contributed by atoms with Crippen LogP contribution in [0.1, 0.15) is 23.7 Å². The lowest BCUT2D eigenvalue weighted by Gasteiger charge is -2.20. The Hall–Kier alpha value is -1.63. The summed E-state index contributed by atoms with van der Waals surface area (Å²) in [4.78, 5) is 24.4. The predicted molar refractivity (Wildman–Crippen MR) is 72.1 cm³/mol. The number of hydrogen-bond acceptors (Lipinski definition) is 3. The molecule has 0 saturated carbocycles. The zero-order valence-electron chi connectivity index (χ0n) is 10.9. The molecule has 1 amide bonds. The van der Waals surface area contributed by atoms with E-state index in [9.17, 15) is 18.4 Å². The Kier molecular flexibility index (Phi) is 6.44. The highest BCUT2D eigenvalue weighted by molar-refractivity contribution is 7.99. The van der Waals surface area contributed by atoms with Gasteiger partial charge in [0.1, 0.15) is 6.54 Å². The van der Waals surface area contributed by atoms with Crippen LogP contribution in [0.3, 0.4) is 0 Å². The first kappa shape index (κ1) is 16.4. The van der Waals surface area contributed by atoms with E-state index in [2.05, 4.69) is 0 Å². The Morgan fingerprint density at radius 1 is 1.30 bits per heavy atom. The quantitative estimate of drug-likeness (QED) is 0.787. The molecule has 4 nitrogen and oxygen atoms in total. The molecule has 1 aromatic carbocycles. The van der Waals surface area contributed by atoms with Crippen molar-refractivity contribution in [1.29, 1.82) is 0 Å². The molecule has 1 N–H and O–H groups in total. The first-order valence-corrected chi connectivity index (χ1v) is 6.88. The maximum atomic E-state index is 12.2. The molecule has 0 aromatic heterocycles. The average Bonchev–Trinajstić information content (AvgIpc) is 2.37. The summed E-state index contributed by atoms with van der Waals surface area (Å²) in [7, 11) is 0. The number of nitrogens with zero attached hydrogens (tertiary/aromatic N) is 1. The van der Waals surface area contributed by atoms with Crippen molar-refractivity contribution in [3.63, 3.8) is 0 Å². The highest BCUT2D eigenvalue weighted by Gasteiger charge is 2.17. The molecular formula is C13H15F2NO3S. The van der Waals surface area contributed by atoms with Crippen molar-refractivity contribution in [3.8, 4) is 0 Å². The van der Waals surface area contributed by atoms with E-state index in [1.807, 2.05) is 6.92 Å². The standard InChI is InChI=1S/C13H15F2NO3S/c1-2-7-16(8-11(17)18)12(19)9-3-5-10(6-4-9)20-13(14)15/h3-6,13H,2,7-8H2,1H3,(H,17,18). The van der Waals surface area contributed by atoms with Crippen molar-refractivity contribution in [2.24, 2.45) is 0 Å². The Morgan fingerprint density at radius 3 is 2.35 bits per heavy atom. The first-order valence-electron chi connectivity index (χ1n) is 6.00. The second kappa shape index (κ2) is 7.84. The number of alkyl halides is 2. The van der Waals surface area contributed by atoms with Gasteiger partial charge in [0.25, 0.3) is 11.7 Å². The largest absolute Gasteiger partial charge is 0.480 e. The van der Waals surface area contributed by atoms with E-state index in [4.69, 9.17) is 5.11 Å². The van der Waals surface area contributed by atoms with E-state index in [-0.39, 0.29) is 6.54 Å². The Balaban J connectivity index is 2.80. The maximum absolute atomic E-state index is 12.2. The second-order valence-corrected chi connectivity index (χ2v) is 5.09. The van der Waals surface area contributed by atoms with Crippen molar-refractivity contribution in [3.05, 3.63) is 29.8 Å².